The Morgan fingerprint density at radius 3 is 2.37 bits per heavy atom. The van der Waals surface area contributed by atoms with Gasteiger partial charge >= 0.3 is 0 Å². The number of sulfonamides is 1. The van der Waals surface area contributed by atoms with Crippen LogP contribution < -0.4 is 5.32 Å². The van der Waals surface area contributed by atoms with Crippen LogP contribution in [-0.4, -0.2) is 37.1 Å². The Kier molecular flexibility index (Phi) is 5.97. The molecule has 0 bridgehead atoms. The van der Waals surface area contributed by atoms with E-state index >= 15 is 0 Å². The largest absolute Gasteiger partial charge is 0.325 e. The summed E-state index contributed by atoms with van der Waals surface area (Å²) in [5.74, 6) is -0.502. The second-order valence-electron chi connectivity index (χ2n) is 6.21. The molecule has 0 spiro atoms. The first-order valence-electron chi connectivity index (χ1n) is 8.12. The quantitative estimate of drug-likeness (QED) is 0.601. The fraction of sp³-hybridized carbons (Fsp3) is 0.278. The molecule has 0 atom stereocenters. The Balaban J connectivity index is 2.23. The van der Waals surface area contributed by atoms with Crippen LogP contribution in [0.3, 0.4) is 0 Å². The predicted molar refractivity (Wildman–Crippen MR) is 102 cm³/mol. The van der Waals surface area contributed by atoms with Gasteiger partial charge in [-0.3, -0.25) is 14.9 Å². The molecule has 0 aliphatic rings. The lowest BCUT2D eigenvalue weighted by Crippen LogP contribution is -2.35. The summed E-state index contributed by atoms with van der Waals surface area (Å²) in [5, 5.41) is 13.7. The van der Waals surface area contributed by atoms with Crippen molar-refractivity contribution in [2.45, 2.75) is 25.7 Å². The SMILES string of the molecule is Cc1cccc(NC(=O)CN(C)S(=O)(=O)c2cccc([N+](=O)[O-])c2C)c1C. The normalized spacial score (nSPS) is 11.4. The first kappa shape index (κ1) is 20.5. The van der Waals surface area contributed by atoms with Crippen LogP contribution in [0.5, 0.6) is 0 Å². The van der Waals surface area contributed by atoms with Gasteiger partial charge in [-0.05, 0) is 44.0 Å². The number of hydrogen-bond acceptors (Lipinski definition) is 5. The van der Waals surface area contributed by atoms with Crippen LogP contribution >= 0.6 is 0 Å². The zero-order chi connectivity index (χ0) is 20.4. The van der Waals surface area contributed by atoms with Gasteiger partial charge in [0.05, 0.1) is 16.4 Å². The topological polar surface area (TPSA) is 110 Å². The molecule has 0 saturated carbocycles. The number of aryl methyl sites for hydroxylation is 1. The average molecular weight is 391 g/mol. The molecule has 0 saturated heterocycles. The van der Waals surface area contributed by atoms with E-state index in [1.54, 1.807) is 12.1 Å². The highest BCUT2D eigenvalue weighted by molar-refractivity contribution is 7.89. The summed E-state index contributed by atoms with van der Waals surface area (Å²) in [6.45, 7) is 4.72. The number of nitrogens with one attached hydrogen (secondary N) is 1. The maximum atomic E-state index is 12.8. The Labute approximate surface area is 158 Å². The molecule has 2 rings (SSSR count). The second kappa shape index (κ2) is 7.85. The molecule has 8 nitrogen and oxygen atoms in total. The van der Waals surface area contributed by atoms with Crippen molar-refractivity contribution in [3.05, 3.63) is 63.2 Å². The molecule has 1 N–H and O–H groups in total. The van der Waals surface area contributed by atoms with Gasteiger partial charge in [-0.25, -0.2) is 8.42 Å². The van der Waals surface area contributed by atoms with Gasteiger partial charge < -0.3 is 5.32 Å². The third-order valence-electron chi connectivity index (χ3n) is 4.39. The lowest BCUT2D eigenvalue weighted by atomic mass is 10.1. The molecule has 0 aliphatic heterocycles. The standard InChI is InChI=1S/C18H21N3O5S/c1-12-7-5-8-15(13(12)2)19-18(22)11-20(4)27(25,26)17-10-6-9-16(14(17)3)21(23)24/h5-10H,11H2,1-4H3,(H,19,22). The molecule has 0 heterocycles. The predicted octanol–water partition coefficient (Wildman–Crippen LogP) is 2.78. The molecule has 9 heteroatoms. The van der Waals surface area contributed by atoms with Crippen LogP contribution in [0.4, 0.5) is 11.4 Å². The number of anilines is 1. The minimum Gasteiger partial charge on any atom is -0.325 e. The van der Waals surface area contributed by atoms with Crippen LogP contribution in [0.1, 0.15) is 16.7 Å². The molecule has 0 unspecified atom stereocenters. The monoisotopic (exact) mass is 391 g/mol. The zero-order valence-corrected chi connectivity index (χ0v) is 16.3. The Bertz CT molecular complexity index is 1000. The molecule has 2 aromatic carbocycles. The molecule has 0 aromatic heterocycles. The Morgan fingerprint density at radius 2 is 1.74 bits per heavy atom. The molecule has 0 aliphatic carbocycles. The van der Waals surface area contributed by atoms with Crippen molar-refractivity contribution >= 4 is 27.3 Å². The van der Waals surface area contributed by atoms with Gasteiger partial charge in [0.1, 0.15) is 0 Å². The summed E-state index contributed by atoms with van der Waals surface area (Å²) < 4.78 is 26.4. The third-order valence-corrected chi connectivity index (χ3v) is 6.33. The smallest absolute Gasteiger partial charge is 0.273 e. The second-order valence-corrected chi connectivity index (χ2v) is 8.23. The van der Waals surface area contributed by atoms with Gasteiger partial charge in [0.2, 0.25) is 15.9 Å². The van der Waals surface area contributed by atoms with E-state index in [2.05, 4.69) is 5.32 Å². The number of rotatable bonds is 6. The van der Waals surface area contributed by atoms with Gasteiger partial charge in [0.15, 0.2) is 0 Å². The van der Waals surface area contributed by atoms with Crippen molar-refractivity contribution in [3.8, 4) is 0 Å². The molecular weight excluding hydrogens is 370 g/mol. The molecular formula is C18H21N3O5S. The van der Waals surface area contributed by atoms with Crippen molar-refractivity contribution in [2.75, 3.05) is 18.9 Å². The summed E-state index contributed by atoms with van der Waals surface area (Å²) >= 11 is 0. The maximum absolute atomic E-state index is 12.8. The molecule has 144 valence electrons. The van der Waals surface area contributed by atoms with E-state index in [4.69, 9.17) is 0 Å². The zero-order valence-electron chi connectivity index (χ0n) is 15.5. The molecule has 0 radical (unpaired) electrons. The van der Waals surface area contributed by atoms with E-state index in [0.29, 0.717) is 5.69 Å². The van der Waals surface area contributed by atoms with Gasteiger partial charge in [-0.15, -0.1) is 0 Å². The number of amides is 1. The van der Waals surface area contributed by atoms with Crippen molar-refractivity contribution in [2.24, 2.45) is 0 Å². The van der Waals surface area contributed by atoms with Crippen LogP contribution in [0.15, 0.2) is 41.3 Å². The first-order valence-corrected chi connectivity index (χ1v) is 9.56. The van der Waals surface area contributed by atoms with Crippen LogP contribution in [-0.2, 0) is 14.8 Å². The number of benzene rings is 2. The fourth-order valence-corrected chi connectivity index (χ4v) is 3.98. The maximum Gasteiger partial charge on any atom is 0.273 e. The number of likely N-dealkylation sites (N-methyl/N-ethyl adjacent to an activating group) is 1. The van der Waals surface area contributed by atoms with Gasteiger partial charge in [-0.2, -0.15) is 4.31 Å². The number of nitro groups is 1. The van der Waals surface area contributed by atoms with Gasteiger partial charge in [-0.1, -0.05) is 18.2 Å². The molecule has 0 fully saturated rings. The van der Waals surface area contributed by atoms with Gasteiger partial charge in [0.25, 0.3) is 5.69 Å². The summed E-state index contributed by atoms with van der Waals surface area (Å²) in [6, 6.07) is 9.28. The Morgan fingerprint density at radius 1 is 1.11 bits per heavy atom. The van der Waals surface area contributed by atoms with Crippen molar-refractivity contribution in [1.29, 1.82) is 0 Å². The van der Waals surface area contributed by atoms with Crippen molar-refractivity contribution in [1.82, 2.24) is 4.31 Å². The number of nitrogens with zero attached hydrogens (tertiary/aromatic N) is 2. The average Bonchev–Trinajstić information content (AvgIpc) is 2.58. The van der Waals surface area contributed by atoms with E-state index in [1.165, 1.54) is 32.2 Å². The summed E-state index contributed by atoms with van der Waals surface area (Å²) in [4.78, 5) is 22.5. The van der Waals surface area contributed by atoms with Crippen molar-refractivity contribution in [3.63, 3.8) is 0 Å². The highest BCUT2D eigenvalue weighted by Crippen LogP contribution is 2.26. The minimum atomic E-state index is -4.06. The number of hydrogen-bond donors (Lipinski definition) is 1. The summed E-state index contributed by atoms with van der Waals surface area (Å²) in [5.41, 5.74) is 2.25. The molecule has 2 aromatic rings. The number of nitro benzene ring substituents is 1. The van der Waals surface area contributed by atoms with Gasteiger partial charge in [0, 0.05) is 24.4 Å². The van der Waals surface area contributed by atoms with Crippen molar-refractivity contribution < 1.29 is 18.1 Å². The van der Waals surface area contributed by atoms with E-state index in [1.807, 2.05) is 19.9 Å². The highest BCUT2D eigenvalue weighted by atomic mass is 32.2. The number of carbonyl (C=O) groups excluding carboxylic acids is 1. The molecule has 1 amide bonds. The third kappa shape index (κ3) is 4.32. The molecule has 27 heavy (non-hydrogen) atoms. The number of carbonyl (C=O) groups is 1. The lowest BCUT2D eigenvalue weighted by molar-refractivity contribution is -0.385. The van der Waals surface area contributed by atoms with Crippen LogP contribution in [0.25, 0.3) is 0 Å². The lowest BCUT2D eigenvalue weighted by Gasteiger charge is -2.18. The summed E-state index contributed by atoms with van der Waals surface area (Å²) in [6.07, 6.45) is 0. The minimum absolute atomic E-state index is 0.0317. The van der Waals surface area contributed by atoms with Crippen LogP contribution in [0.2, 0.25) is 0 Å². The fourth-order valence-electron chi connectivity index (χ4n) is 2.61. The highest BCUT2D eigenvalue weighted by Gasteiger charge is 2.28. The van der Waals surface area contributed by atoms with E-state index < -0.39 is 27.4 Å². The van der Waals surface area contributed by atoms with E-state index in [0.717, 1.165) is 15.4 Å². The van der Waals surface area contributed by atoms with Crippen LogP contribution in [0, 0.1) is 30.9 Å². The summed E-state index contributed by atoms with van der Waals surface area (Å²) in [7, 11) is -2.80. The van der Waals surface area contributed by atoms with E-state index in [9.17, 15) is 23.3 Å². The van der Waals surface area contributed by atoms with E-state index in [-0.39, 0.29) is 16.1 Å². The first-order chi connectivity index (χ1) is 12.6. The Hall–Kier alpha value is -2.78.